The zero-order chi connectivity index (χ0) is 19.8. The Hall–Kier alpha value is -1.30. The van der Waals surface area contributed by atoms with Gasteiger partial charge in [-0.3, -0.25) is 4.79 Å². The van der Waals surface area contributed by atoms with E-state index in [0.29, 0.717) is 29.5 Å². The van der Waals surface area contributed by atoms with Crippen molar-refractivity contribution in [1.29, 1.82) is 0 Å². The topological polar surface area (TPSA) is 50.8 Å². The van der Waals surface area contributed by atoms with E-state index in [0.717, 1.165) is 32.0 Å². The molecule has 1 aliphatic heterocycles. The van der Waals surface area contributed by atoms with Crippen molar-refractivity contribution in [3.05, 3.63) is 28.8 Å². The molecule has 28 heavy (non-hydrogen) atoms. The average molecular weight is 409 g/mol. The van der Waals surface area contributed by atoms with Gasteiger partial charge in [0.2, 0.25) is 0 Å². The first-order valence-electron chi connectivity index (χ1n) is 10.6. The molecule has 1 amide bonds. The molecule has 1 aliphatic carbocycles. The van der Waals surface area contributed by atoms with Crippen LogP contribution in [-0.2, 0) is 4.74 Å². The van der Waals surface area contributed by atoms with Crippen LogP contribution in [0.1, 0.15) is 61.7 Å². The molecule has 2 fully saturated rings. The van der Waals surface area contributed by atoms with Crippen LogP contribution in [0.4, 0.5) is 0 Å². The lowest BCUT2D eigenvalue weighted by Gasteiger charge is -2.37. The van der Waals surface area contributed by atoms with Gasteiger partial charge in [0.05, 0.1) is 11.6 Å². The van der Waals surface area contributed by atoms with Crippen LogP contribution in [0, 0.1) is 0 Å². The molecular weight excluding hydrogens is 376 g/mol. The summed E-state index contributed by atoms with van der Waals surface area (Å²) >= 11 is 6.38. The molecular formula is C22H33ClN2O3. The largest absolute Gasteiger partial charge is 0.489 e. The van der Waals surface area contributed by atoms with E-state index in [-0.39, 0.29) is 12.0 Å². The summed E-state index contributed by atoms with van der Waals surface area (Å²) in [6.07, 6.45) is 10.5. The van der Waals surface area contributed by atoms with E-state index in [9.17, 15) is 4.79 Å². The van der Waals surface area contributed by atoms with E-state index in [4.69, 9.17) is 21.1 Å². The number of carbonyl (C=O) groups is 1. The molecule has 1 heterocycles. The van der Waals surface area contributed by atoms with Crippen molar-refractivity contribution in [2.75, 3.05) is 33.4 Å². The predicted octanol–water partition coefficient (Wildman–Crippen LogP) is 4.28. The van der Waals surface area contributed by atoms with Crippen LogP contribution in [0.25, 0.3) is 0 Å². The van der Waals surface area contributed by atoms with E-state index in [1.807, 2.05) is 6.07 Å². The van der Waals surface area contributed by atoms with Crippen LogP contribution in [0.15, 0.2) is 18.2 Å². The van der Waals surface area contributed by atoms with Crippen LogP contribution in [0.5, 0.6) is 5.75 Å². The van der Waals surface area contributed by atoms with Crippen molar-refractivity contribution in [3.63, 3.8) is 0 Å². The predicted molar refractivity (Wildman–Crippen MR) is 112 cm³/mol. The molecule has 0 spiro atoms. The number of nitrogens with one attached hydrogen (secondary N) is 1. The van der Waals surface area contributed by atoms with Crippen LogP contribution in [0.2, 0.25) is 5.02 Å². The maximum Gasteiger partial charge on any atom is 0.251 e. The lowest BCUT2D eigenvalue weighted by Crippen LogP contribution is -2.44. The van der Waals surface area contributed by atoms with E-state index >= 15 is 0 Å². The summed E-state index contributed by atoms with van der Waals surface area (Å²) in [6.45, 7) is 3.17. The van der Waals surface area contributed by atoms with Gasteiger partial charge in [-0.25, -0.2) is 0 Å². The van der Waals surface area contributed by atoms with Gasteiger partial charge < -0.3 is 19.7 Å². The molecule has 5 nitrogen and oxygen atoms in total. The third-order valence-corrected chi connectivity index (χ3v) is 6.19. The standard InChI is InChI=1S/C22H33ClN2O3/c1-27-15-12-24-22(26)17-8-9-21(20(23)16-17)28-19-10-13-25(14-11-19)18-6-4-2-3-5-7-18/h8-9,16,18-19H,2-7,10-15H2,1H3,(H,24,26). The van der Waals surface area contributed by atoms with Gasteiger partial charge in [0.25, 0.3) is 5.91 Å². The smallest absolute Gasteiger partial charge is 0.251 e. The number of piperidine rings is 1. The van der Waals surface area contributed by atoms with Gasteiger partial charge >= 0.3 is 0 Å². The third kappa shape index (κ3) is 6.10. The van der Waals surface area contributed by atoms with Crippen molar-refractivity contribution in [3.8, 4) is 5.75 Å². The molecule has 2 aliphatic rings. The van der Waals surface area contributed by atoms with Crippen molar-refractivity contribution < 1.29 is 14.3 Å². The first kappa shape index (κ1) is 21.4. The molecule has 0 bridgehead atoms. The Kier molecular flexibility index (Phi) is 8.44. The van der Waals surface area contributed by atoms with Gasteiger partial charge in [0.15, 0.2) is 0 Å². The normalized spacial score (nSPS) is 19.9. The number of methoxy groups -OCH3 is 1. The summed E-state index contributed by atoms with van der Waals surface area (Å²) in [5, 5.41) is 3.29. The summed E-state index contributed by atoms with van der Waals surface area (Å²) in [4.78, 5) is 14.8. The fourth-order valence-electron chi connectivity index (χ4n) is 4.27. The molecule has 0 unspecified atom stereocenters. The number of ether oxygens (including phenoxy) is 2. The molecule has 0 aromatic heterocycles. The Balaban J connectivity index is 1.48. The highest BCUT2D eigenvalue weighted by Gasteiger charge is 2.26. The first-order chi connectivity index (χ1) is 13.7. The number of halogens is 1. The Morgan fingerprint density at radius 1 is 1.14 bits per heavy atom. The van der Waals surface area contributed by atoms with Gasteiger partial charge in [-0.1, -0.05) is 37.3 Å². The molecule has 0 radical (unpaired) electrons. The number of carbonyl (C=O) groups excluding carboxylic acids is 1. The molecule has 6 heteroatoms. The van der Waals surface area contributed by atoms with Gasteiger partial charge in [0.1, 0.15) is 11.9 Å². The fraction of sp³-hybridized carbons (Fsp3) is 0.682. The fourth-order valence-corrected chi connectivity index (χ4v) is 4.49. The highest BCUT2D eigenvalue weighted by Crippen LogP contribution is 2.30. The number of benzene rings is 1. The number of likely N-dealkylation sites (tertiary alicyclic amines) is 1. The Morgan fingerprint density at radius 3 is 2.50 bits per heavy atom. The summed E-state index contributed by atoms with van der Waals surface area (Å²) in [5.41, 5.74) is 0.539. The Bertz CT molecular complexity index is 624. The molecule has 156 valence electrons. The second-order valence-corrected chi connectivity index (χ2v) is 8.30. The van der Waals surface area contributed by atoms with Crippen LogP contribution >= 0.6 is 11.6 Å². The lowest BCUT2D eigenvalue weighted by atomic mass is 10.0. The molecule has 1 saturated carbocycles. The second kappa shape index (κ2) is 11.0. The Morgan fingerprint density at radius 2 is 1.86 bits per heavy atom. The van der Waals surface area contributed by atoms with Crippen molar-refractivity contribution >= 4 is 17.5 Å². The van der Waals surface area contributed by atoms with E-state index in [2.05, 4.69) is 10.2 Å². The summed E-state index contributed by atoms with van der Waals surface area (Å²) in [7, 11) is 1.61. The number of hydrogen-bond donors (Lipinski definition) is 1. The van der Waals surface area contributed by atoms with E-state index in [1.165, 1.54) is 38.5 Å². The number of rotatable bonds is 7. The van der Waals surface area contributed by atoms with E-state index < -0.39 is 0 Å². The minimum atomic E-state index is -0.151. The number of nitrogens with zero attached hydrogens (tertiary/aromatic N) is 1. The molecule has 1 saturated heterocycles. The second-order valence-electron chi connectivity index (χ2n) is 7.89. The molecule has 1 aromatic rings. The first-order valence-corrected chi connectivity index (χ1v) is 11.0. The number of amides is 1. The van der Waals surface area contributed by atoms with Gasteiger partial charge in [-0.15, -0.1) is 0 Å². The zero-order valence-corrected chi connectivity index (χ0v) is 17.7. The SMILES string of the molecule is COCCNC(=O)c1ccc(OC2CCN(C3CCCCCC3)CC2)c(Cl)c1. The van der Waals surface area contributed by atoms with Gasteiger partial charge in [0, 0.05) is 38.3 Å². The number of hydrogen-bond acceptors (Lipinski definition) is 4. The summed E-state index contributed by atoms with van der Waals surface area (Å²) < 4.78 is 11.1. The maximum absolute atomic E-state index is 12.1. The van der Waals surface area contributed by atoms with Crippen molar-refractivity contribution in [2.45, 2.75) is 63.5 Å². The van der Waals surface area contributed by atoms with Crippen molar-refractivity contribution in [1.82, 2.24) is 10.2 Å². The zero-order valence-electron chi connectivity index (χ0n) is 16.9. The van der Waals surface area contributed by atoms with Gasteiger partial charge in [-0.05, 0) is 43.9 Å². The quantitative estimate of drug-likeness (QED) is 0.540. The summed E-state index contributed by atoms with van der Waals surface area (Å²) in [5.74, 6) is 0.519. The highest BCUT2D eigenvalue weighted by molar-refractivity contribution is 6.32. The molecule has 1 aromatic carbocycles. The van der Waals surface area contributed by atoms with Crippen LogP contribution < -0.4 is 10.1 Å². The minimum Gasteiger partial charge on any atom is -0.489 e. The van der Waals surface area contributed by atoms with Crippen LogP contribution in [0.3, 0.4) is 0 Å². The monoisotopic (exact) mass is 408 g/mol. The molecule has 3 rings (SSSR count). The third-order valence-electron chi connectivity index (χ3n) is 5.90. The molecule has 1 N–H and O–H groups in total. The van der Waals surface area contributed by atoms with Gasteiger partial charge in [-0.2, -0.15) is 0 Å². The van der Waals surface area contributed by atoms with Crippen molar-refractivity contribution in [2.24, 2.45) is 0 Å². The maximum atomic E-state index is 12.1. The minimum absolute atomic E-state index is 0.151. The van der Waals surface area contributed by atoms with Crippen LogP contribution in [-0.4, -0.2) is 56.3 Å². The highest BCUT2D eigenvalue weighted by atomic mass is 35.5. The molecule has 0 atom stereocenters. The lowest BCUT2D eigenvalue weighted by molar-refractivity contribution is 0.0704. The summed E-state index contributed by atoms with van der Waals surface area (Å²) in [6, 6.07) is 6.03. The average Bonchev–Trinajstić information content (AvgIpc) is 3.00. The Labute approximate surface area is 173 Å². The van der Waals surface area contributed by atoms with E-state index in [1.54, 1.807) is 19.2 Å².